The van der Waals surface area contributed by atoms with Gasteiger partial charge < -0.3 is 19.3 Å². The van der Waals surface area contributed by atoms with Crippen LogP contribution in [-0.4, -0.2) is 49.1 Å². The zero-order chi connectivity index (χ0) is 24.3. The highest BCUT2D eigenvalue weighted by Crippen LogP contribution is 2.44. The summed E-state index contributed by atoms with van der Waals surface area (Å²) >= 11 is 0. The van der Waals surface area contributed by atoms with E-state index in [-0.39, 0.29) is 43.3 Å². The summed E-state index contributed by atoms with van der Waals surface area (Å²) in [6.07, 6.45) is 0.460. The molecule has 11 nitrogen and oxygen atoms in total. The highest BCUT2D eigenvalue weighted by Gasteiger charge is 2.23. The van der Waals surface area contributed by atoms with Gasteiger partial charge in [0.15, 0.2) is 11.5 Å². The molecule has 1 aromatic carbocycles. The summed E-state index contributed by atoms with van der Waals surface area (Å²) in [5.74, 6) is -0.395. The fraction of sp³-hybridized carbons (Fsp3) is 0.476. The summed E-state index contributed by atoms with van der Waals surface area (Å²) in [6, 6.07) is 3.63. The first-order valence-corrected chi connectivity index (χ1v) is 12.5. The van der Waals surface area contributed by atoms with Crippen LogP contribution in [0.3, 0.4) is 0 Å². The van der Waals surface area contributed by atoms with E-state index in [9.17, 15) is 23.8 Å². The summed E-state index contributed by atoms with van der Waals surface area (Å²) < 4.78 is 18.7. The van der Waals surface area contributed by atoms with Crippen molar-refractivity contribution in [3.05, 3.63) is 44.1 Å². The average molecular weight is 477 g/mol. The second-order valence-electron chi connectivity index (χ2n) is 8.06. The van der Waals surface area contributed by atoms with E-state index in [1.807, 2.05) is 26.8 Å². The minimum absolute atomic E-state index is 0.0106. The Bertz CT molecular complexity index is 1320. The van der Waals surface area contributed by atoms with Crippen molar-refractivity contribution in [2.75, 3.05) is 12.7 Å². The molecule has 2 heterocycles. The van der Waals surface area contributed by atoms with Crippen molar-refractivity contribution in [2.45, 2.75) is 53.2 Å². The smallest absolute Gasteiger partial charge is 0.349 e. The number of carbonyl (C=O) groups excluding carboxylic acids is 1. The number of carbonyl (C=O) groups is 1. The van der Waals surface area contributed by atoms with E-state index >= 15 is 0 Å². The number of amides is 1. The number of fused-ring (bicyclic) bond motifs is 2. The van der Waals surface area contributed by atoms with Gasteiger partial charge in [0.1, 0.15) is 6.54 Å². The van der Waals surface area contributed by atoms with Crippen molar-refractivity contribution in [1.82, 2.24) is 24.8 Å². The largest absolute Gasteiger partial charge is 0.355 e. The summed E-state index contributed by atoms with van der Waals surface area (Å²) in [5, 5.41) is 2.70. The highest BCUT2D eigenvalue weighted by atomic mass is 31.2. The van der Waals surface area contributed by atoms with Crippen LogP contribution in [0.1, 0.15) is 37.8 Å². The summed E-state index contributed by atoms with van der Waals surface area (Å²) in [7, 11) is -3.73. The third-order valence-electron chi connectivity index (χ3n) is 5.39. The molecule has 0 spiro atoms. The van der Waals surface area contributed by atoms with E-state index in [1.165, 1.54) is 4.57 Å². The number of nitrogens with zero attached hydrogens (tertiary/aromatic N) is 3. The molecule has 0 aromatic heterocycles. The molecule has 2 atom stereocenters. The van der Waals surface area contributed by atoms with Gasteiger partial charge in [0.2, 0.25) is 5.91 Å². The molecule has 178 valence electrons. The van der Waals surface area contributed by atoms with Crippen molar-refractivity contribution in [1.29, 1.82) is 0 Å². The van der Waals surface area contributed by atoms with E-state index in [2.05, 4.69) is 20.3 Å². The van der Waals surface area contributed by atoms with Crippen LogP contribution in [0.4, 0.5) is 0 Å². The van der Waals surface area contributed by atoms with Crippen LogP contribution >= 0.6 is 7.60 Å². The quantitative estimate of drug-likeness (QED) is 0.239. The SMILES string of the molecule is CCC(C)OP(=O)(O)CCCNC(=O)Cn1c2nc(=O)[nH]c(=O)c-2nc2cc(C)c(C)cc21. The standard InChI is InChI=1S/C21H28N5O6P/c1-5-14(4)32-33(30,31)8-6-7-22-17(27)11-26-16-10-13(3)12(2)9-15(16)23-18-19(26)24-21(29)25-20(18)28/h9-10,14H,5-8,11H2,1-4H3,(H,22,27)(H,30,31)(H,25,28,29). The van der Waals surface area contributed by atoms with Gasteiger partial charge in [-0.3, -0.25) is 19.1 Å². The molecule has 0 radical (unpaired) electrons. The van der Waals surface area contributed by atoms with Gasteiger partial charge in [-0.15, -0.1) is 0 Å². The average Bonchev–Trinajstić information content (AvgIpc) is 2.73. The van der Waals surface area contributed by atoms with Crippen LogP contribution in [0.2, 0.25) is 0 Å². The molecule has 2 aliphatic heterocycles. The molecule has 0 saturated carbocycles. The Hall–Kier alpha value is -2.88. The highest BCUT2D eigenvalue weighted by molar-refractivity contribution is 7.52. The number of H-pyrrole nitrogens is 1. The molecule has 1 amide bonds. The number of hydrogen-bond donors (Lipinski definition) is 3. The first kappa shape index (κ1) is 24.8. The van der Waals surface area contributed by atoms with Crippen LogP contribution < -0.4 is 16.6 Å². The lowest BCUT2D eigenvalue weighted by atomic mass is 10.1. The Morgan fingerprint density at radius 3 is 2.67 bits per heavy atom. The number of aromatic nitrogens is 4. The van der Waals surface area contributed by atoms with Crippen molar-refractivity contribution in [3.63, 3.8) is 0 Å². The van der Waals surface area contributed by atoms with Crippen LogP contribution in [-0.2, 0) is 20.4 Å². The van der Waals surface area contributed by atoms with Crippen molar-refractivity contribution in [2.24, 2.45) is 0 Å². The molecule has 0 saturated heterocycles. The summed E-state index contributed by atoms with van der Waals surface area (Å²) in [5.41, 5.74) is 1.41. The van der Waals surface area contributed by atoms with Gasteiger partial charge in [0, 0.05) is 6.54 Å². The molecule has 12 heteroatoms. The third kappa shape index (κ3) is 5.93. The van der Waals surface area contributed by atoms with Gasteiger partial charge >= 0.3 is 13.3 Å². The Balaban J connectivity index is 1.82. The molecule has 33 heavy (non-hydrogen) atoms. The van der Waals surface area contributed by atoms with E-state index < -0.39 is 24.8 Å². The predicted octanol–water partition coefficient (Wildman–Crippen LogP) is 1.71. The van der Waals surface area contributed by atoms with E-state index in [0.29, 0.717) is 17.5 Å². The normalized spacial score (nSPS) is 14.3. The molecule has 3 rings (SSSR count). The number of aromatic amines is 1. The van der Waals surface area contributed by atoms with E-state index in [0.717, 1.165) is 11.1 Å². The van der Waals surface area contributed by atoms with E-state index in [1.54, 1.807) is 13.0 Å². The zero-order valence-corrected chi connectivity index (χ0v) is 19.9. The van der Waals surface area contributed by atoms with Gasteiger partial charge in [-0.1, -0.05) is 6.92 Å². The van der Waals surface area contributed by atoms with Crippen molar-refractivity contribution < 1.29 is 18.8 Å². The Kier molecular flexibility index (Phi) is 7.46. The maximum absolute atomic E-state index is 12.7. The fourth-order valence-corrected chi connectivity index (χ4v) is 4.70. The summed E-state index contributed by atoms with van der Waals surface area (Å²) in [4.78, 5) is 57.0. The van der Waals surface area contributed by atoms with Crippen LogP contribution in [0, 0.1) is 13.8 Å². The topological polar surface area (TPSA) is 156 Å². The molecular weight excluding hydrogens is 449 g/mol. The summed E-state index contributed by atoms with van der Waals surface area (Å²) in [6.45, 7) is 7.34. The van der Waals surface area contributed by atoms with Crippen LogP contribution in [0.25, 0.3) is 22.6 Å². The van der Waals surface area contributed by atoms with Gasteiger partial charge in [-0.25, -0.2) is 9.78 Å². The second-order valence-corrected chi connectivity index (χ2v) is 9.99. The van der Waals surface area contributed by atoms with Gasteiger partial charge in [-0.05, 0) is 56.9 Å². The maximum atomic E-state index is 12.7. The first-order chi connectivity index (χ1) is 15.5. The lowest BCUT2D eigenvalue weighted by Crippen LogP contribution is -2.33. The molecule has 2 unspecified atom stereocenters. The Morgan fingerprint density at radius 1 is 1.27 bits per heavy atom. The fourth-order valence-electron chi connectivity index (χ4n) is 3.32. The van der Waals surface area contributed by atoms with Crippen LogP contribution in [0.15, 0.2) is 21.7 Å². The molecule has 0 bridgehead atoms. The number of aryl methyl sites for hydroxylation is 2. The number of benzene rings is 1. The first-order valence-electron chi connectivity index (χ1n) is 10.7. The molecule has 0 fully saturated rings. The van der Waals surface area contributed by atoms with Crippen molar-refractivity contribution >= 4 is 24.5 Å². The second kappa shape index (κ2) is 9.94. The number of hydrogen-bond acceptors (Lipinski definition) is 7. The van der Waals surface area contributed by atoms with Gasteiger partial charge in [0.25, 0.3) is 5.56 Å². The zero-order valence-electron chi connectivity index (χ0n) is 19.0. The third-order valence-corrected chi connectivity index (χ3v) is 6.96. The molecular formula is C21H28N5O6P. The minimum Gasteiger partial charge on any atom is -0.355 e. The number of rotatable bonds is 9. The number of nitrogens with one attached hydrogen (secondary N) is 2. The lowest BCUT2D eigenvalue weighted by Gasteiger charge is -2.18. The molecule has 3 N–H and O–H groups in total. The van der Waals surface area contributed by atoms with Crippen molar-refractivity contribution in [3.8, 4) is 11.5 Å². The maximum Gasteiger partial charge on any atom is 0.349 e. The predicted molar refractivity (Wildman–Crippen MR) is 124 cm³/mol. The lowest BCUT2D eigenvalue weighted by molar-refractivity contribution is -0.121. The molecule has 0 aliphatic carbocycles. The Labute approximate surface area is 190 Å². The Morgan fingerprint density at radius 2 is 1.97 bits per heavy atom. The minimum atomic E-state index is -3.73. The molecule has 2 aliphatic rings. The monoisotopic (exact) mass is 477 g/mol. The van der Waals surface area contributed by atoms with Gasteiger partial charge in [0.05, 0.1) is 23.3 Å². The van der Waals surface area contributed by atoms with E-state index in [4.69, 9.17) is 4.52 Å². The molecule has 1 aromatic rings. The van der Waals surface area contributed by atoms with Gasteiger partial charge in [-0.2, -0.15) is 4.98 Å². The van der Waals surface area contributed by atoms with Crippen LogP contribution in [0.5, 0.6) is 0 Å².